The van der Waals surface area contributed by atoms with Gasteiger partial charge in [-0.1, -0.05) is 18.2 Å². The molecule has 4 aromatic rings. The molecule has 0 bridgehead atoms. The predicted octanol–water partition coefficient (Wildman–Crippen LogP) is 3.84. The van der Waals surface area contributed by atoms with Crippen LogP contribution in [0.4, 0.5) is 0 Å². The number of para-hydroxylation sites is 1. The highest BCUT2D eigenvalue weighted by Crippen LogP contribution is 2.49. The average molecular weight is 492 g/mol. The maximum absolute atomic E-state index is 13.4. The Hall–Kier alpha value is -3.98. The molecular weight excluding hydrogens is 470 g/mol. The monoisotopic (exact) mass is 491 g/mol. The largest absolute Gasteiger partial charge is 0.493 e. The minimum Gasteiger partial charge on any atom is -0.493 e. The van der Waals surface area contributed by atoms with Gasteiger partial charge in [0.1, 0.15) is 11.3 Å². The van der Waals surface area contributed by atoms with Crippen LogP contribution < -0.4 is 29.9 Å². The number of nitrogens with one attached hydrogen (secondary N) is 1. The first-order valence-electron chi connectivity index (χ1n) is 11.1. The third-order valence-electron chi connectivity index (χ3n) is 6.21. The lowest BCUT2D eigenvalue weighted by molar-refractivity contribution is -0.127. The quantitative estimate of drug-likeness (QED) is 0.410. The van der Waals surface area contributed by atoms with E-state index < -0.39 is 17.6 Å². The molecule has 35 heavy (non-hydrogen) atoms. The highest BCUT2D eigenvalue weighted by atomic mass is 32.1. The molecule has 2 aliphatic heterocycles. The summed E-state index contributed by atoms with van der Waals surface area (Å²) in [6.45, 7) is 0.508. The van der Waals surface area contributed by atoms with Crippen LogP contribution in [-0.4, -0.2) is 32.5 Å². The van der Waals surface area contributed by atoms with Gasteiger partial charge in [-0.2, -0.15) is 0 Å². The molecule has 2 aromatic carbocycles. The summed E-state index contributed by atoms with van der Waals surface area (Å²) < 4.78 is 28.4. The lowest BCUT2D eigenvalue weighted by Crippen LogP contribution is -2.41. The van der Waals surface area contributed by atoms with Crippen LogP contribution in [0.3, 0.4) is 0 Å². The summed E-state index contributed by atoms with van der Waals surface area (Å²) in [5.74, 6) is 0.731. The zero-order valence-corrected chi connectivity index (χ0v) is 19.6. The zero-order valence-electron chi connectivity index (χ0n) is 18.7. The number of carbonyl (C=O) groups excluding carboxylic acids is 1. The van der Waals surface area contributed by atoms with E-state index in [0.717, 1.165) is 0 Å². The number of hydrogen-bond acceptors (Lipinski definition) is 8. The smallest absolute Gasteiger partial charge is 0.344 e. The van der Waals surface area contributed by atoms with Crippen molar-refractivity contribution in [1.29, 1.82) is 0 Å². The fraction of sp³-hybridized carbons (Fsp3) is 0.231. The summed E-state index contributed by atoms with van der Waals surface area (Å²) in [6.07, 6.45) is -0.275. The van der Waals surface area contributed by atoms with Gasteiger partial charge in [-0.05, 0) is 47.7 Å². The summed E-state index contributed by atoms with van der Waals surface area (Å²) in [4.78, 5) is 27.8. The van der Waals surface area contributed by atoms with Crippen LogP contribution in [-0.2, 0) is 11.2 Å². The number of ether oxygens (including phenoxy) is 4. The maximum atomic E-state index is 13.4. The molecule has 2 aliphatic rings. The second kappa shape index (κ2) is 8.66. The minimum absolute atomic E-state index is 0.0618. The lowest BCUT2D eigenvalue weighted by Gasteiger charge is -2.19. The predicted molar refractivity (Wildman–Crippen MR) is 129 cm³/mol. The van der Waals surface area contributed by atoms with E-state index in [1.165, 1.54) is 12.0 Å². The molecule has 2 aromatic heterocycles. The van der Waals surface area contributed by atoms with E-state index in [9.17, 15) is 9.59 Å². The van der Waals surface area contributed by atoms with E-state index in [1.54, 1.807) is 35.6 Å². The van der Waals surface area contributed by atoms with Crippen molar-refractivity contribution in [2.45, 2.75) is 18.4 Å². The van der Waals surface area contributed by atoms with Crippen molar-refractivity contribution in [3.8, 4) is 23.0 Å². The Morgan fingerprint density at radius 2 is 2.03 bits per heavy atom. The van der Waals surface area contributed by atoms with Crippen molar-refractivity contribution in [2.24, 2.45) is 0 Å². The molecule has 0 radical (unpaired) electrons. The Morgan fingerprint density at radius 3 is 2.86 bits per heavy atom. The van der Waals surface area contributed by atoms with Gasteiger partial charge < -0.3 is 28.7 Å². The summed E-state index contributed by atoms with van der Waals surface area (Å²) in [5, 5.41) is 5.60. The van der Waals surface area contributed by atoms with E-state index in [1.807, 2.05) is 29.6 Å². The van der Waals surface area contributed by atoms with Gasteiger partial charge in [0.25, 0.3) is 5.91 Å². The van der Waals surface area contributed by atoms with Crippen LogP contribution in [0.2, 0.25) is 0 Å². The first-order valence-corrected chi connectivity index (χ1v) is 12.0. The second-order valence-electron chi connectivity index (χ2n) is 8.22. The van der Waals surface area contributed by atoms with Gasteiger partial charge in [-0.15, -0.1) is 11.3 Å². The average Bonchev–Trinajstić information content (AvgIpc) is 3.63. The standard InChI is InChI=1S/C26H21NO7S/c1-30-18-11-14(12-19-23(18)32-13-31-19)20-21-22(16-6-2-3-7-17(16)33-26(21)29)34-24(20)25(28)27-9-8-15-5-4-10-35-15/h2-7,10-12,20,24H,8-9,13H2,1H3,(H,27,28)/t20-,24+/m1/s1. The molecule has 0 saturated heterocycles. The van der Waals surface area contributed by atoms with Crippen molar-refractivity contribution in [3.05, 3.63) is 80.3 Å². The molecule has 2 atom stereocenters. The molecule has 0 aliphatic carbocycles. The molecule has 0 fully saturated rings. The Morgan fingerprint density at radius 1 is 1.14 bits per heavy atom. The van der Waals surface area contributed by atoms with Crippen molar-refractivity contribution in [2.75, 3.05) is 20.4 Å². The Bertz CT molecular complexity index is 1480. The van der Waals surface area contributed by atoms with Crippen molar-refractivity contribution >= 4 is 28.2 Å². The Labute approximate surface area is 204 Å². The van der Waals surface area contributed by atoms with E-state index in [2.05, 4.69) is 5.32 Å². The van der Waals surface area contributed by atoms with E-state index in [4.69, 9.17) is 23.4 Å². The fourth-order valence-electron chi connectivity index (χ4n) is 4.62. The first kappa shape index (κ1) is 21.5. The number of thiophene rings is 1. The number of fused-ring (bicyclic) bond motifs is 4. The van der Waals surface area contributed by atoms with Gasteiger partial charge in [0, 0.05) is 11.4 Å². The maximum Gasteiger partial charge on any atom is 0.344 e. The topological polar surface area (TPSA) is 96.2 Å². The molecule has 0 unspecified atom stereocenters. The molecule has 0 saturated carbocycles. The second-order valence-corrected chi connectivity index (χ2v) is 9.25. The molecule has 4 heterocycles. The van der Waals surface area contributed by atoms with E-state index in [0.29, 0.717) is 58.1 Å². The van der Waals surface area contributed by atoms with Crippen LogP contribution in [0.5, 0.6) is 23.0 Å². The minimum atomic E-state index is -0.980. The molecule has 9 heteroatoms. The Balaban J connectivity index is 1.43. The van der Waals surface area contributed by atoms with Gasteiger partial charge >= 0.3 is 5.63 Å². The SMILES string of the molecule is COc1cc([C@@H]2c3c(c4ccccc4oc3=O)O[C@@H]2C(=O)NCCc2cccs2)cc2c1OCO2. The van der Waals surface area contributed by atoms with Gasteiger partial charge in [0.05, 0.1) is 24.0 Å². The highest BCUT2D eigenvalue weighted by molar-refractivity contribution is 7.09. The number of methoxy groups -OCH3 is 1. The molecule has 1 amide bonds. The van der Waals surface area contributed by atoms with E-state index in [-0.39, 0.29) is 12.7 Å². The normalized spacial score (nSPS) is 17.7. The number of amides is 1. The van der Waals surface area contributed by atoms with Crippen molar-refractivity contribution in [1.82, 2.24) is 5.32 Å². The molecule has 6 rings (SSSR count). The summed E-state index contributed by atoms with van der Waals surface area (Å²) in [7, 11) is 1.52. The van der Waals surface area contributed by atoms with E-state index >= 15 is 0 Å². The fourth-order valence-corrected chi connectivity index (χ4v) is 5.33. The molecule has 178 valence electrons. The van der Waals surface area contributed by atoms with Gasteiger partial charge in [-0.3, -0.25) is 4.79 Å². The molecule has 8 nitrogen and oxygen atoms in total. The van der Waals surface area contributed by atoms with Crippen LogP contribution in [0.15, 0.2) is 63.1 Å². The third kappa shape index (κ3) is 3.68. The summed E-state index contributed by atoms with van der Waals surface area (Å²) >= 11 is 1.64. The third-order valence-corrected chi connectivity index (χ3v) is 7.14. The molecule has 1 N–H and O–H groups in total. The summed E-state index contributed by atoms with van der Waals surface area (Å²) in [5.41, 5.74) is 0.778. The first-order chi connectivity index (χ1) is 17.1. The molecular formula is C26H21NO7S. The lowest BCUT2D eigenvalue weighted by atomic mass is 9.87. The van der Waals surface area contributed by atoms with Crippen LogP contribution >= 0.6 is 11.3 Å². The van der Waals surface area contributed by atoms with Crippen LogP contribution in [0.25, 0.3) is 11.0 Å². The van der Waals surface area contributed by atoms with Crippen molar-refractivity contribution in [3.63, 3.8) is 0 Å². The zero-order chi connectivity index (χ0) is 23.9. The van der Waals surface area contributed by atoms with Crippen LogP contribution in [0, 0.1) is 0 Å². The number of benzene rings is 2. The number of hydrogen-bond donors (Lipinski definition) is 1. The highest BCUT2D eigenvalue weighted by Gasteiger charge is 2.45. The molecule has 0 spiro atoms. The van der Waals surface area contributed by atoms with Crippen LogP contribution in [0.1, 0.15) is 21.9 Å². The van der Waals surface area contributed by atoms with Gasteiger partial charge in [0.15, 0.2) is 17.6 Å². The number of carbonyl (C=O) groups is 1. The van der Waals surface area contributed by atoms with Gasteiger partial charge in [-0.25, -0.2) is 4.79 Å². The summed E-state index contributed by atoms with van der Waals surface area (Å²) in [6, 6.07) is 14.6. The number of rotatable bonds is 6. The van der Waals surface area contributed by atoms with Crippen molar-refractivity contribution < 1.29 is 28.2 Å². The van der Waals surface area contributed by atoms with Gasteiger partial charge in [0.2, 0.25) is 12.5 Å². The Kier molecular flexibility index (Phi) is 5.33.